The molecule has 3 aliphatic rings. The molecule has 0 radical (unpaired) electrons. The summed E-state index contributed by atoms with van der Waals surface area (Å²) >= 11 is 0. The van der Waals surface area contributed by atoms with E-state index in [1.54, 1.807) is 0 Å². The van der Waals surface area contributed by atoms with E-state index in [-0.39, 0.29) is 11.3 Å². The van der Waals surface area contributed by atoms with E-state index in [1.165, 1.54) is 17.5 Å². The maximum absolute atomic E-state index is 13.5. The molecule has 1 fully saturated rings. The van der Waals surface area contributed by atoms with Gasteiger partial charge in [-0.15, -0.1) is 0 Å². The van der Waals surface area contributed by atoms with Crippen molar-refractivity contribution in [2.75, 3.05) is 18.8 Å². The molecule has 3 heterocycles. The highest BCUT2D eigenvalue weighted by Crippen LogP contribution is 2.44. The summed E-state index contributed by atoms with van der Waals surface area (Å²) in [6.07, 6.45) is 10.2. The van der Waals surface area contributed by atoms with Crippen LogP contribution in [-0.4, -0.2) is 43.6 Å². The van der Waals surface area contributed by atoms with Gasteiger partial charge in [0, 0.05) is 37.3 Å². The molecule has 1 saturated heterocycles. The van der Waals surface area contributed by atoms with Gasteiger partial charge in [-0.25, -0.2) is 9.97 Å². The van der Waals surface area contributed by atoms with Crippen LogP contribution < -0.4 is 5.73 Å². The molecule has 1 amide bonds. The molecule has 2 aromatic rings. The summed E-state index contributed by atoms with van der Waals surface area (Å²) in [7, 11) is 1.91. The molecule has 7 heteroatoms. The first-order valence-electron chi connectivity index (χ1n) is 10.0. The minimum atomic E-state index is -0.0705. The van der Waals surface area contributed by atoms with E-state index in [1.807, 2.05) is 22.8 Å². The number of rotatable bonds is 1. The molecule has 1 unspecified atom stereocenters. The van der Waals surface area contributed by atoms with Gasteiger partial charge in [-0.1, -0.05) is 0 Å². The number of anilines is 1. The third-order valence-corrected chi connectivity index (χ3v) is 6.64. The van der Waals surface area contributed by atoms with Crippen LogP contribution in [0.4, 0.5) is 5.95 Å². The zero-order valence-corrected chi connectivity index (χ0v) is 15.9. The standard InChI is InChI=1S/C20H26N6O/c1-25-16(14-5-2-3-6-15(14)24-25)18(27)26-10-4-8-20(12-26)9-7-13-11-22-19(21)23-17(13)20/h11H,2-10,12H2,1H3,(H2,21,22,23). The Bertz CT molecular complexity index is 915. The molecule has 0 aromatic carbocycles. The quantitative estimate of drug-likeness (QED) is 0.831. The molecule has 142 valence electrons. The number of nitrogen functional groups attached to an aromatic ring is 1. The number of amides is 1. The fraction of sp³-hybridized carbons (Fsp3) is 0.600. The normalized spacial score (nSPS) is 24.1. The number of likely N-dealkylation sites (tertiary alicyclic amines) is 1. The second-order valence-corrected chi connectivity index (χ2v) is 8.32. The third kappa shape index (κ3) is 2.55. The van der Waals surface area contributed by atoms with Crippen LogP contribution in [0.5, 0.6) is 0 Å². The van der Waals surface area contributed by atoms with Crippen LogP contribution in [0.25, 0.3) is 0 Å². The predicted octanol–water partition coefficient (Wildman–Crippen LogP) is 1.79. The van der Waals surface area contributed by atoms with Gasteiger partial charge >= 0.3 is 0 Å². The average molecular weight is 366 g/mol. The van der Waals surface area contributed by atoms with Crippen LogP contribution in [-0.2, 0) is 31.7 Å². The summed E-state index contributed by atoms with van der Waals surface area (Å²) < 4.78 is 1.81. The van der Waals surface area contributed by atoms with Gasteiger partial charge in [0.15, 0.2) is 0 Å². The predicted molar refractivity (Wildman–Crippen MR) is 101 cm³/mol. The molecule has 0 saturated carbocycles. The maximum atomic E-state index is 13.5. The van der Waals surface area contributed by atoms with E-state index in [2.05, 4.69) is 15.1 Å². The van der Waals surface area contributed by atoms with Gasteiger partial charge in [0.05, 0.1) is 11.4 Å². The highest BCUT2D eigenvalue weighted by molar-refractivity contribution is 5.94. The minimum Gasteiger partial charge on any atom is -0.368 e. The minimum absolute atomic E-state index is 0.0705. The van der Waals surface area contributed by atoms with Crippen molar-refractivity contribution in [1.82, 2.24) is 24.6 Å². The molecule has 2 aromatic heterocycles. The van der Waals surface area contributed by atoms with E-state index in [0.717, 1.165) is 75.1 Å². The van der Waals surface area contributed by atoms with E-state index < -0.39 is 0 Å². The van der Waals surface area contributed by atoms with E-state index >= 15 is 0 Å². The molecule has 2 N–H and O–H groups in total. The van der Waals surface area contributed by atoms with Gasteiger partial charge in [-0.05, 0) is 56.9 Å². The van der Waals surface area contributed by atoms with E-state index in [0.29, 0.717) is 5.95 Å². The zero-order valence-electron chi connectivity index (χ0n) is 15.9. The van der Waals surface area contributed by atoms with Crippen LogP contribution >= 0.6 is 0 Å². The van der Waals surface area contributed by atoms with E-state index in [9.17, 15) is 4.79 Å². The first kappa shape index (κ1) is 16.7. The Kier molecular flexibility index (Phi) is 3.74. The van der Waals surface area contributed by atoms with Gasteiger partial charge in [0.2, 0.25) is 5.95 Å². The van der Waals surface area contributed by atoms with E-state index in [4.69, 9.17) is 5.73 Å². The van der Waals surface area contributed by atoms with Crippen LogP contribution in [0.3, 0.4) is 0 Å². The fourth-order valence-electron chi connectivity index (χ4n) is 5.36. The number of carbonyl (C=O) groups is 1. The lowest BCUT2D eigenvalue weighted by Gasteiger charge is -2.40. The summed E-state index contributed by atoms with van der Waals surface area (Å²) in [5, 5.41) is 4.64. The molecule has 7 nitrogen and oxygen atoms in total. The molecule has 5 rings (SSSR count). The van der Waals surface area contributed by atoms with Crippen molar-refractivity contribution in [3.8, 4) is 0 Å². The lowest BCUT2D eigenvalue weighted by Crippen LogP contribution is -2.48. The van der Waals surface area contributed by atoms with Crippen molar-refractivity contribution in [3.63, 3.8) is 0 Å². The number of fused-ring (bicyclic) bond motifs is 3. The molecule has 1 aliphatic heterocycles. The monoisotopic (exact) mass is 366 g/mol. The SMILES string of the molecule is Cn1nc2c(c1C(=O)N1CCCC3(CCc4cnc(N)nc43)C1)CCCC2. The van der Waals surface area contributed by atoms with Crippen molar-refractivity contribution in [1.29, 1.82) is 0 Å². The Labute approximate surface area is 159 Å². The summed E-state index contributed by atoms with van der Waals surface area (Å²) in [5.41, 5.74) is 11.1. The summed E-state index contributed by atoms with van der Waals surface area (Å²) in [6, 6.07) is 0. The smallest absolute Gasteiger partial charge is 0.272 e. The van der Waals surface area contributed by atoms with Crippen molar-refractivity contribution >= 4 is 11.9 Å². The van der Waals surface area contributed by atoms with Crippen molar-refractivity contribution < 1.29 is 4.79 Å². The first-order chi connectivity index (χ1) is 13.1. The summed E-state index contributed by atoms with van der Waals surface area (Å²) in [6.45, 7) is 1.52. The van der Waals surface area contributed by atoms with Gasteiger partial charge in [0.25, 0.3) is 5.91 Å². The largest absolute Gasteiger partial charge is 0.368 e. The van der Waals surface area contributed by atoms with Crippen LogP contribution in [0.2, 0.25) is 0 Å². The fourth-order valence-corrected chi connectivity index (χ4v) is 5.36. The molecular weight excluding hydrogens is 340 g/mol. The molecule has 1 atom stereocenters. The highest BCUT2D eigenvalue weighted by atomic mass is 16.2. The van der Waals surface area contributed by atoms with Gasteiger partial charge < -0.3 is 10.6 Å². The number of aromatic nitrogens is 4. The summed E-state index contributed by atoms with van der Waals surface area (Å²) in [5.74, 6) is 0.460. The Morgan fingerprint density at radius 2 is 2.04 bits per heavy atom. The Morgan fingerprint density at radius 1 is 1.19 bits per heavy atom. The van der Waals surface area contributed by atoms with Gasteiger partial charge in [-0.2, -0.15) is 5.10 Å². The number of piperidine rings is 1. The molecule has 1 spiro atoms. The lowest BCUT2D eigenvalue weighted by molar-refractivity contribution is 0.0621. The number of aryl methyl sites for hydroxylation is 3. The zero-order chi connectivity index (χ0) is 18.6. The lowest BCUT2D eigenvalue weighted by atomic mass is 9.77. The van der Waals surface area contributed by atoms with Crippen LogP contribution in [0.1, 0.15) is 65.1 Å². The number of hydrogen-bond acceptors (Lipinski definition) is 5. The number of hydrogen-bond donors (Lipinski definition) is 1. The topological polar surface area (TPSA) is 89.9 Å². The number of nitrogens with zero attached hydrogens (tertiary/aromatic N) is 5. The average Bonchev–Trinajstić information content (AvgIpc) is 3.18. The second kappa shape index (κ2) is 6.04. The molecule has 0 bridgehead atoms. The number of carbonyl (C=O) groups excluding carboxylic acids is 1. The van der Waals surface area contributed by atoms with Gasteiger partial charge in [0.1, 0.15) is 5.69 Å². The van der Waals surface area contributed by atoms with Crippen LogP contribution in [0.15, 0.2) is 6.20 Å². The van der Waals surface area contributed by atoms with Crippen molar-refractivity contribution in [3.05, 3.63) is 34.4 Å². The first-order valence-corrected chi connectivity index (χ1v) is 10.0. The van der Waals surface area contributed by atoms with Crippen molar-refractivity contribution in [2.24, 2.45) is 7.05 Å². The summed E-state index contributed by atoms with van der Waals surface area (Å²) in [4.78, 5) is 24.3. The van der Waals surface area contributed by atoms with Crippen molar-refractivity contribution in [2.45, 2.75) is 56.8 Å². The number of nitrogens with two attached hydrogens (primary N) is 1. The van der Waals surface area contributed by atoms with Crippen LogP contribution in [0, 0.1) is 0 Å². The Balaban J connectivity index is 1.47. The third-order valence-electron chi connectivity index (χ3n) is 6.64. The second-order valence-electron chi connectivity index (χ2n) is 8.32. The Morgan fingerprint density at radius 3 is 2.93 bits per heavy atom. The Hall–Kier alpha value is -2.44. The van der Waals surface area contributed by atoms with Gasteiger partial charge in [-0.3, -0.25) is 9.48 Å². The maximum Gasteiger partial charge on any atom is 0.272 e. The molecule has 2 aliphatic carbocycles. The highest BCUT2D eigenvalue weighted by Gasteiger charge is 2.45. The molecule has 27 heavy (non-hydrogen) atoms. The molecular formula is C20H26N6O.